The summed E-state index contributed by atoms with van der Waals surface area (Å²) in [5, 5.41) is 3.72. The average Bonchev–Trinajstić information content (AvgIpc) is 3.07. The summed E-state index contributed by atoms with van der Waals surface area (Å²) in [6, 6.07) is 10.2. The molecule has 4 rings (SSSR count). The molecule has 3 aromatic rings. The van der Waals surface area contributed by atoms with Crippen molar-refractivity contribution in [1.82, 2.24) is 4.98 Å². The standard InChI is InChI=1S/C22H21F3N2O3/c1-12-20(13(2)30-12)21(28)27-19-10-26-18-8-7-16(9-17(18)19)29-11-14-3-5-15(6-4-14)22(23,24)25/h3-10,12-13,20,26H,11H2,1-2H3,(H,27,28). The van der Waals surface area contributed by atoms with Gasteiger partial charge in [0.2, 0.25) is 5.91 Å². The van der Waals surface area contributed by atoms with Crippen molar-refractivity contribution in [2.45, 2.75) is 38.8 Å². The number of carbonyl (C=O) groups is 1. The van der Waals surface area contributed by atoms with Gasteiger partial charge in [0.1, 0.15) is 12.4 Å². The van der Waals surface area contributed by atoms with Crippen LogP contribution in [0.5, 0.6) is 5.75 Å². The number of hydrogen-bond donors (Lipinski definition) is 2. The van der Waals surface area contributed by atoms with Gasteiger partial charge >= 0.3 is 6.18 Å². The molecule has 0 saturated carbocycles. The highest BCUT2D eigenvalue weighted by Crippen LogP contribution is 2.32. The van der Waals surface area contributed by atoms with Gasteiger partial charge in [-0.3, -0.25) is 4.79 Å². The van der Waals surface area contributed by atoms with Gasteiger partial charge in [-0.1, -0.05) is 12.1 Å². The first-order valence-corrected chi connectivity index (χ1v) is 9.59. The quantitative estimate of drug-likeness (QED) is 0.604. The first kappa shape index (κ1) is 20.3. The molecule has 0 aliphatic carbocycles. The molecule has 0 radical (unpaired) electrons. The molecular formula is C22H21F3N2O3. The van der Waals surface area contributed by atoms with E-state index in [1.54, 1.807) is 18.3 Å². The number of anilines is 1. The van der Waals surface area contributed by atoms with Crippen molar-refractivity contribution >= 4 is 22.5 Å². The number of benzene rings is 2. The van der Waals surface area contributed by atoms with E-state index in [4.69, 9.17) is 9.47 Å². The van der Waals surface area contributed by atoms with Crippen LogP contribution in [0.1, 0.15) is 25.0 Å². The third-order valence-corrected chi connectivity index (χ3v) is 5.34. The molecule has 1 amide bonds. The molecule has 2 aromatic carbocycles. The molecule has 158 valence electrons. The van der Waals surface area contributed by atoms with Crippen LogP contribution in [0.25, 0.3) is 10.9 Å². The summed E-state index contributed by atoms with van der Waals surface area (Å²) >= 11 is 0. The number of alkyl halides is 3. The van der Waals surface area contributed by atoms with Crippen LogP contribution in [0, 0.1) is 5.92 Å². The van der Waals surface area contributed by atoms with Gasteiger partial charge in [-0.2, -0.15) is 13.2 Å². The van der Waals surface area contributed by atoms with Crippen molar-refractivity contribution in [2.24, 2.45) is 5.92 Å². The topological polar surface area (TPSA) is 63.3 Å². The van der Waals surface area contributed by atoms with Crippen LogP contribution in [-0.2, 0) is 22.3 Å². The van der Waals surface area contributed by atoms with Crippen LogP contribution in [0.4, 0.5) is 18.9 Å². The summed E-state index contributed by atoms with van der Waals surface area (Å²) in [5.74, 6) is 0.249. The molecule has 5 nitrogen and oxygen atoms in total. The van der Waals surface area contributed by atoms with E-state index in [1.165, 1.54) is 12.1 Å². The summed E-state index contributed by atoms with van der Waals surface area (Å²) in [7, 11) is 0. The fraction of sp³-hybridized carbons (Fsp3) is 0.318. The zero-order valence-corrected chi connectivity index (χ0v) is 16.4. The number of nitrogens with one attached hydrogen (secondary N) is 2. The third kappa shape index (κ3) is 4.00. The maximum absolute atomic E-state index is 12.7. The molecule has 30 heavy (non-hydrogen) atoms. The van der Waals surface area contributed by atoms with E-state index >= 15 is 0 Å². The Labute approximate surface area is 171 Å². The lowest BCUT2D eigenvalue weighted by atomic mass is 9.90. The minimum Gasteiger partial charge on any atom is -0.489 e. The Bertz CT molecular complexity index is 1050. The van der Waals surface area contributed by atoms with Crippen molar-refractivity contribution in [1.29, 1.82) is 0 Å². The summed E-state index contributed by atoms with van der Waals surface area (Å²) in [6.07, 6.45) is -2.88. The SMILES string of the molecule is CC1OC(C)C1C(=O)Nc1c[nH]c2ccc(OCc3ccc(C(F)(F)F)cc3)cc12. The van der Waals surface area contributed by atoms with Crippen LogP contribution in [0.2, 0.25) is 0 Å². The Morgan fingerprint density at radius 3 is 2.47 bits per heavy atom. The van der Waals surface area contributed by atoms with Gasteiger partial charge in [-0.15, -0.1) is 0 Å². The second kappa shape index (κ2) is 7.68. The van der Waals surface area contributed by atoms with Crippen molar-refractivity contribution < 1.29 is 27.4 Å². The summed E-state index contributed by atoms with van der Waals surface area (Å²) < 4.78 is 49.2. The van der Waals surface area contributed by atoms with Gasteiger partial charge in [-0.25, -0.2) is 0 Å². The molecule has 1 aromatic heterocycles. The Balaban J connectivity index is 1.45. The summed E-state index contributed by atoms with van der Waals surface area (Å²) in [6.45, 7) is 3.86. The van der Waals surface area contributed by atoms with Crippen molar-refractivity contribution in [3.8, 4) is 5.75 Å². The number of hydrogen-bond acceptors (Lipinski definition) is 3. The normalized spacial score (nSPS) is 21.3. The number of aromatic amines is 1. The lowest BCUT2D eigenvalue weighted by Crippen LogP contribution is -2.51. The second-order valence-corrected chi connectivity index (χ2v) is 7.45. The third-order valence-electron chi connectivity index (χ3n) is 5.34. The highest BCUT2D eigenvalue weighted by Gasteiger charge is 2.41. The monoisotopic (exact) mass is 418 g/mol. The Kier molecular flexibility index (Phi) is 5.19. The first-order valence-electron chi connectivity index (χ1n) is 9.59. The lowest BCUT2D eigenvalue weighted by molar-refractivity contribution is -0.175. The van der Waals surface area contributed by atoms with Gasteiger partial charge in [0.05, 0.1) is 29.4 Å². The van der Waals surface area contributed by atoms with E-state index in [0.29, 0.717) is 17.0 Å². The first-order chi connectivity index (χ1) is 14.2. The number of halogens is 3. The molecule has 1 aliphatic heterocycles. The lowest BCUT2D eigenvalue weighted by Gasteiger charge is -2.39. The zero-order valence-electron chi connectivity index (χ0n) is 16.4. The molecule has 1 fully saturated rings. The van der Waals surface area contributed by atoms with Crippen LogP contribution < -0.4 is 10.1 Å². The maximum atomic E-state index is 12.7. The minimum absolute atomic E-state index is 0.0989. The fourth-order valence-corrected chi connectivity index (χ4v) is 3.69. The van der Waals surface area contributed by atoms with Crippen molar-refractivity contribution in [3.63, 3.8) is 0 Å². The van der Waals surface area contributed by atoms with E-state index in [9.17, 15) is 18.0 Å². The highest BCUT2D eigenvalue weighted by atomic mass is 19.4. The van der Waals surface area contributed by atoms with E-state index in [2.05, 4.69) is 10.3 Å². The smallest absolute Gasteiger partial charge is 0.416 e. The Hall–Kier alpha value is -3.00. The number of aromatic nitrogens is 1. The second-order valence-electron chi connectivity index (χ2n) is 7.45. The number of rotatable bonds is 5. The van der Waals surface area contributed by atoms with Crippen LogP contribution in [0.3, 0.4) is 0 Å². The van der Waals surface area contributed by atoms with Crippen LogP contribution in [0.15, 0.2) is 48.7 Å². The van der Waals surface area contributed by atoms with Crippen LogP contribution in [-0.4, -0.2) is 23.1 Å². The predicted octanol–water partition coefficient (Wildman–Crippen LogP) is 5.13. The molecule has 0 bridgehead atoms. The molecule has 2 N–H and O–H groups in total. The zero-order chi connectivity index (χ0) is 21.5. The number of H-pyrrole nitrogens is 1. The largest absolute Gasteiger partial charge is 0.489 e. The Morgan fingerprint density at radius 2 is 1.83 bits per heavy atom. The predicted molar refractivity (Wildman–Crippen MR) is 106 cm³/mol. The van der Waals surface area contributed by atoms with Gasteiger partial charge in [-0.05, 0) is 49.7 Å². The molecule has 2 unspecified atom stereocenters. The molecule has 0 spiro atoms. The molecular weight excluding hydrogens is 397 g/mol. The van der Waals surface area contributed by atoms with Gasteiger partial charge in [0.15, 0.2) is 0 Å². The van der Waals surface area contributed by atoms with Gasteiger partial charge in [0.25, 0.3) is 0 Å². The maximum Gasteiger partial charge on any atom is 0.416 e. The van der Waals surface area contributed by atoms with Crippen molar-refractivity contribution in [2.75, 3.05) is 5.32 Å². The molecule has 8 heteroatoms. The van der Waals surface area contributed by atoms with Gasteiger partial charge < -0.3 is 19.8 Å². The van der Waals surface area contributed by atoms with Crippen LogP contribution >= 0.6 is 0 Å². The number of amides is 1. The minimum atomic E-state index is -4.36. The summed E-state index contributed by atoms with van der Waals surface area (Å²) in [4.78, 5) is 15.6. The number of carbonyl (C=O) groups excluding carboxylic acids is 1. The molecule has 1 saturated heterocycles. The summed E-state index contributed by atoms with van der Waals surface area (Å²) in [5.41, 5.74) is 1.40. The molecule has 2 heterocycles. The average molecular weight is 418 g/mol. The van der Waals surface area contributed by atoms with E-state index in [-0.39, 0.29) is 30.6 Å². The highest BCUT2D eigenvalue weighted by molar-refractivity contribution is 6.03. The van der Waals surface area contributed by atoms with E-state index < -0.39 is 11.7 Å². The number of ether oxygens (including phenoxy) is 2. The van der Waals surface area contributed by atoms with E-state index in [0.717, 1.165) is 23.0 Å². The van der Waals surface area contributed by atoms with Crippen molar-refractivity contribution in [3.05, 3.63) is 59.8 Å². The molecule has 1 aliphatic rings. The molecule has 2 atom stereocenters. The van der Waals surface area contributed by atoms with Gasteiger partial charge in [0, 0.05) is 17.1 Å². The number of fused-ring (bicyclic) bond motifs is 1. The Morgan fingerprint density at radius 1 is 1.13 bits per heavy atom. The van der Waals surface area contributed by atoms with E-state index in [1.807, 2.05) is 19.9 Å². The fourth-order valence-electron chi connectivity index (χ4n) is 3.69.